The van der Waals surface area contributed by atoms with Crippen molar-refractivity contribution in [3.63, 3.8) is 0 Å². The topological polar surface area (TPSA) is 114 Å². The van der Waals surface area contributed by atoms with E-state index in [1.807, 2.05) is 26.8 Å². The van der Waals surface area contributed by atoms with E-state index in [-0.39, 0.29) is 23.1 Å². The maximum Gasteiger partial charge on any atom is 0.264 e. The number of unbranched alkanes of at least 4 members (excludes halogenated alkanes) is 1. The number of amides is 2. The van der Waals surface area contributed by atoms with Crippen molar-refractivity contribution < 1.29 is 32.2 Å². The highest BCUT2D eigenvalue weighted by Gasteiger charge is 2.34. The monoisotopic (exact) mass is 625 g/mol. The van der Waals surface area contributed by atoms with Gasteiger partial charge in [-0.05, 0) is 61.7 Å². The first-order valence-corrected chi connectivity index (χ1v) is 16.0. The van der Waals surface area contributed by atoms with E-state index in [2.05, 4.69) is 5.32 Å². The SMILES string of the molecule is CCCCNC(=O)[C@@H](CC)N(Cc1cccc(OC)c1)C(=O)CN(c1ccc(C)cc1)S(=O)(=O)c1ccc(OC)c(OC)c1. The number of rotatable bonds is 16. The average Bonchev–Trinajstić information content (AvgIpc) is 3.03. The smallest absolute Gasteiger partial charge is 0.264 e. The molecular weight excluding hydrogens is 582 g/mol. The number of nitrogens with zero attached hydrogens (tertiary/aromatic N) is 2. The maximum atomic E-state index is 14.3. The summed E-state index contributed by atoms with van der Waals surface area (Å²) in [6.45, 7) is 5.77. The molecule has 1 atom stereocenters. The summed E-state index contributed by atoms with van der Waals surface area (Å²) < 4.78 is 45.5. The summed E-state index contributed by atoms with van der Waals surface area (Å²) in [6, 6.07) is 17.5. The Hall–Kier alpha value is -4.25. The number of carbonyl (C=O) groups excluding carboxylic acids is 2. The molecule has 0 bridgehead atoms. The summed E-state index contributed by atoms with van der Waals surface area (Å²) >= 11 is 0. The standard InChI is InChI=1S/C33H43N3O7S/c1-7-9-19-34-33(38)29(8-2)35(22-25-11-10-12-27(20-25)41-4)32(37)23-36(26-15-13-24(3)14-16-26)44(39,40)28-17-18-30(42-5)31(21-28)43-6/h10-18,20-21,29H,7-9,19,22-23H2,1-6H3,(H,34,38)/t29-/m1/s1. The fourth-order valence-electron chi connectivity index (χ4n) is 4.74. The molecule has 44 heavy (non-hydrogen) atoms. The van der Waals surface area contributed by atoms with Crippen molar-refractivity contribution in [2.45, 2.75) is 57.5 Å². The molecule has 10 nitrogen and oxygen atoms in total. The number of hydrogen-bond acceptors (Lipinski definition) is 7. The molecule has 0 heterocycles. The van der Waals surface area contributed by atoms with Crippen LogP contribution in [0.25, 0.3) is 0 Å². The van der Waals surface area contributed by atoms with Gasteiger partial charge in [0.25, 0.3) is 10.0 Å². The Balaban J connectivity index is 2.08. The van der Waals surface area contributed by atoms with Crippen LogP contribution in [0.1, 0.15) is 44.2 Å². The van der Waals surface area contributed by atoms with Crippen LogP contribution in [0.2, 0.25) is 0 Å². The van der Waals surface area contributed by atoms with Gasteiger partial charge in [-0.2, -0.15) is 0 Å². The van der Waals surface area contributed by atoms with Crippen molar-refractivity contribution in [1.29, 1.82) is 0 Å². The number of ether oxygens (including phenoxy) is 3. The van der Waals surface area contributed by atoms with E-state index in [9.17, 15) is 18.0 Å². The molecule has 3 aromatic rings. The molecule has 0 aliphatic rings. The Kier molecular flexibility index (Phi) is 12.5. The molecule has 2 amide bonds. The quantitative estimate of drug-likeness (QED) is 0.224. The van der Waals surface area contributed by atoms with Crippen molar-refractivity contribution >= 4 is 27.5 Å². The molecule has 3 rings (SSSR count). The molecule has 11 heteroatoms. The van der Waals surface area contributed by atoms with Crippen molar-refractivity contribution in [2.24, 2.45) is 0 Å². The minimum absolute atomic E-state index is 0.0766. The van der Waals surface area contributed by atoms with Crippen LogP contribution < -0.4 is 23.8 Å². The van der Waals surface area contributed by atoms with Gasteiger partial charge in [-0.1, -0.05) is 50.1 Å². The first kappa shape index (κ1) is 34.2. The van der Waals surface area contributed by atoms with Gasteiger partial charge in [0, 0.05) is 19.2 Å². The second-order valence-electron chi connectivity index (χ2n) is 10.3. The minimum Gasteiger partial charge on any atom is -0.497 e. The molecule has 0 spiro atoms. The van der Waals surface area contributed by atoms with Crippen LogP contribution in [0.5, 0.6) is 17.2 Å². The summed E-state index contributed by atoms with van der Waals surface area (Å²) in [4.78, 5) is 29.0. The Bertz CT molecular complexity index is 1510. The predicted molar refractivity (Wildman–Crippen MR) is 171 cm³/mol. The zero-order chi connectivity index (χ0) is 32.3. The Labute approximate surface area is 261 Å². The molecule has 0 aromatic heterocycles. The largest absolute Gasteiger partial charge is 0.497 e. The lowest BCUT2D eigenvalue weighted by molar-refractivity contribution is -0.140. The average molecular weight is 626 g/mol. The zero-order valence-electron chi connectivity index (χ0n) is 26.3. The molecule has 238 valence electrons. The Morgan fingerprint density at radius 1 is 0.886 bits per heavy atom. The van der Waals surface area contributed by atoms with E-state index in [4.69, 9.17) is 14.2 Å². The number of hydrogen-bond donors (Lipinski definition) is 1. The summed E-state index contributed by atoms with van der Waals surface area (Å²) in [5.74, 6) is 0.386. The highest BCUT2D eigenvalue weighted by molar-refractivity contribution is 7.92. The van der Waals surface area contributed by atoms with Gasteiger partial charge in [-0.3, -0.25) is 13.9 Å². The highest BCUT2D eigenvalue weighted by Crippen LogP contribution is 2.32. The number of aryl methyl sites for hydroxylation is 1. The molecule has 3 aromatic carbocycles. The Morgan fingerprint density at radius 3 is 2.20 bits per heavy atom. The molecule has 1 N–H and O–H groups in total. The summed E-state index contributed by atoms with van der Waals surface area (Å²) in [7, 11) is 0.155. The van der Waals surface area contributed by atoms with Crippen molar-refractivity contribution in [3.05, 3.63) is 77.9 Å². The van der Waals surface area contributed by atoms with E-state index in [1.165, 1.54) is 37.3 Å². The number of anilines is 1. The molecule has 0 saturated carbocycles. The van der Waals surface area contributed by atoms with Gasteiger partial charge in [-0.25, -0.2) is 8.42 Å². The van der Waals surface area contributed by atoms with Gasteiger partial charge in [0.05, 0.1) is 31.9 Å². The van der Waals surface area contributed by atoms with Crippen LogP contribution in [0, 0.1) is 6.92 Å². The number of benzene rings is 3. The molecule has 0 aliphatic carbocycles. The van der Waals surface area contributed by atoms with E-state index < -0.39 is 28.5 Å². The van der Waals surface area contributed by atoms with Gasteiger partial charge >= 0.3 is 0 Å². The summed E-state index contributed by atoms with van der Waals surface area (Å²) in [5.41, 5.74) is 1.97. The van der Waals surface area contributed by atoms with Crippen LogP contribution in [0.15, 0.2) is 71.6 Å². The molecule has 0 aliphatic heterocycles. The van der Waals surface area contributed by atoms with Crippen molar-refractivity contribution in [3.8, 4) is 17.2 Å². The molecule has 0 unspecified atom stereocenters. The summed E-state index contributed by atoms with van der Waals surface area (Å²) in [6.07, 6.45) is 2.04. The Morgan fingerprint density at radius 2 is 1.59 bits per heavy atom. The van der Waals surface area contributed by atoms with Gasteiger partial charge in [0.15, 0.2) is 11.5 Å². The lowest BCUT2D eigenvalue weighted by Gasteiger charge is -2.33. The molecule has 0 saturated heterocycles. The molecular formula is C33H43N3O7S. The van der Waals surface area contributed by atoms with Crippen molar-refractivity contribution in [2.75, 3.05) is 38.7 Å². The lowest BCUT2D eigenvalue weighted by Crippen LogP contribution is -2.52. The predicted octanol–water partition coefficient (Wildman–Crippen LogP) is 4.94. The van der Waals surface area contributed by atoms with Crippen LogP contribution in [-0.4, -0.2) is 65.6 Å². The maximum absolute atomic E-state index is 14.3. The third-order valence-electron chi connectivity index (χ3n) is 7.25. The lowest BCUT2D eigenvalue weighted by atomic mass is 10.1. The van der Waals surface area contributed by atoms with Gasteiger partial charge in [0.1, 0.15) is 18.3 Å². The number of carbonyl (C=O) groups is 2. The van der Waals surface area contributed by atoms with Crippen LogP contribution in [-0.2, 0) is 26.2 Å². The number of nitrogens with one attached hydrogen (secondary N) is 1. The molecule has 0 radical (unpaired) electrons. The first-order valence-electron chi connectivity index (χ1n) is 14.6. The van der Waals surface area contributed by atoms with Crippen LogP contribution >= 0.6 is 0 Å². The second kappa shape index (κ2) is 16.0. The third kappa shape index (κ3) is 8.43. The van der Waals surface area contributed by atoms with Gasteiger partial charge < -0.3 is 24.4 Å². The van der Waals surface area contributed by atoms with Crippen molar-refractivity contribution in [1.82, 2.24) is 10.2 Å². The zero-order valence-corrected chi connectivity index (χ0v) is 27.1. The van der Waals surface area contributed by atoms with E-state index in [0.29, 0.717) is 30.2 Å². The van der Waals surface area contributed by atoms with Gasteiger partial charge in [0.2, 0.25) is 11.8 Å². The molecule has 0 fully saturated rings. The van der Waals surface area contributed by atoms with Crippen LogP contribution in [0.4, 0.5) is 5.69 Å². The normalized spacial score (nSPS) is 11.8. The van der Waals surface area contributed by atoms with Gasteiger partial charge in [-0.15, -0.1) is 0 Å². The highest BCUT2D eigenvalue weighted by atomic mass is 32.2. The van der Waals surface area contributed by atoms with E-state index in [1.54, 1.807) is 49.6 Å². The number of sulfonamides is 1. The van der Waals surface area contributed by atoms with E-state index in [0.717, 1.165) is 28.3 Å². The number of methoxy groups -OCH3 is 3. The van der Waals surface area contributed by atoms with E-state index >= 15 is 0 Å². The first-order chi connectivity index (χ1) is 21.1. The third-order valence-corrected chi connectivity index (χ3v) is 9.02. The minimum atomic E-state index is -4.28. The van der Waals surface area contributed by atoms with Crippen LogP contribution in [0.3, 0.4) is 0 Å². The fraction of sp³-hybridized carbons (Fsp3) is 0.394. The summed E-state index contributed by atoms with van der Waals surface area (Å²) in [5, 5.41) is 2.93. The second-order valence-corrected chi connectivity index (χ2v) is 12.2. The fourth-order valence-corrected chi connectivity index (χ4v) is 6.17.